The Morgan fingerprint density at radius 2 is 2.32 bits per heavy atom. The van der Waals surface area contributed by atoms with Crippen LogP contribution in [0, 0.1) is 11.3 Å². The Morgan fingerprint density at radius 3 is 2.74 bits per heavy atom. The first kappa shape index (κ1) is 16.2. The molecule has 1 N–H and O–H groups in total. The molecule has 0 aliphatic rings. The van der Waals surface area contributed by atoms with E-state index in [-0.39, 0.29) is 18.0 Å². The third-order valence-corrected chi connectivity index (χ3v) is 4.54. The molecule has 0 aliphatic heterocycles. The molecular weight excluding hydrogens is 326 g/mol. The van der Waals surface area contributed by atoms with Gasteiger partial charge < -0.3 is 5.32 Å². The van der Waals surface area contributed by atoms with Crippen LogP contribution in [0.25, 0.3) is 0 Å². The smallest absolute Gasteiger partial charge is 0.243 e. The first-order valence-corrected chi connectivity index (χ1v) is 7.74. The number of hydrogen-bond donors (Lipinski definition) is 1. The predicted octanol–water partition coefficient (Wildman–Crippen LogP) is 2.92. The van der Waals surface area contributed by atoms with Gasteiger partial charge in [-0.1, -0.05) is 6.92 Å². The van der Waals surface area contributed by atoms with Crippen LogP contribution in [-0.4, -0.2) is 30.9 Å². The van der Waals surface area contributed by atoms with Gasteiger partial charge in [0.05, 0.1) is 12.5 Å². The van der Waals surface area contributed by atoms with Crippen LogP contribution < -0.4 is 5.32 Å². The van der Waals surface area contributed by atoms with Gasteiger partial charge in [-0.05, 0) is 42.5 Å². The monoisotopic (exact) mass is 343 g/mol. The molecule has 0 fully saturated rings. The van der Waals surface area contributed by atoms with Gasteiger partial charge in [0.15, 0.2) is 0 Å². The van der Waals surface area contributed by atoms with Crippen molar-refractivity contribution in [3.8, 4) is 6.07 Å². The average molecular weight is 344 g/mol. The van der Waals surface area contributed by atoms with Crippen molar-refractivity contribution in [2.75, 3.05) is 14.1 Å². The molecular formula is C13H18BrN3OS. The molecule has 0 spiro atoms. The summed E-state index contributed by atoms with van der Waals surface area (Å²) in [4.78, 5) is 15.2. The van der Waals surface area contributed by atoms with Gasteiger partial charge in [-0.2, -0.15) is 5.26 Å². The van der Waals surface area contributed by atoms with Gasteiger partial charge >= 0.3 is 0 Å². The molecule has 1 aromatic rings. The summed E-state index contributed by atoms with van der Waals surface area (Å²) in [5.41, 5.74) is 0. The number of nitrogens with zero attached hydrogens (tertiary/aromatic N) is 2. The minimum absolute atomic E-state index is 0.0542. The van der Waals surface area contributed by atoms with E-state index in [2.05, 4.69) is 27.3 Å². The lowest BCUT2D eigenvalue weighted by molar-refractivity contribution is -0.126. The molecule has 0 saturated carbocycles. The summed E-state index contributed by atoms with van der Waals surface area (Å²) in [6, 6.07) is 3.67. The average Bonchev–Trinajstić information content (AvgIpc) is 2.74. The standard InChI is InChI=1S/C13H18BrN3OS/c1-4-10(5-6-15)16-13(18)12(17(2)3)11-7-9(14)8-19-11/h7-8,10,12H,4-5H2,1-3H3,(H,16,18)/t10-,12+/m1/s1. The molecule has 1 amide bonds. The number of nitriles is 1. The van der Waals surface area contributed by atoms with E-state index < -0.39 is 0 Å². The molecule has 104 valence electrons. The highest BCUT2D eigenvalue weighted by Gasteiger charge is 2.25. The minimum atomic E-state index is -0.316. The third-order valence-electron chi connectivity index (χ3n) is 2.80. The van der Waals surface area contributed by atoms with E-state index in [1.807, 2.05) is 37.4 Å². The highest BCUT2D eigenvalue weighted by molar-refractivity contribution is 9.10. The van der Waals surface area contributed by atoms with Crippen molar-refractivity contribution < 1.29 is 4.79 Å². The van der Waals surface area contributed by atoms with Gasteiger partial charge in [0, 0.05) is 20.8 Å². The van der Waals surface area contributed by atoms with E-state index in [1.165, 1.54) is 0 Å². The molecule has 6 heteroatoms. The molecule has 1 rings (SSSR count). The van der Waals surface area contributed by atoms with Crippen LogP contribution in [0.3, 0.4) is 0 Å². The van der Waals surface area contributed by atoms with E-state index in [4.69, 9.17) is 5.26 Å². The Kier molecular flexibility index (Phi) is 6.49. The SMILES string of the molecule is CC[C@H](CC#N)NC(=O)[C@H](c1cc(Br)cs1)N(C)C. The van der Waals surface area contributed by atoms with Crippen LogP contribution in [0.2, 0.25) is 0 Å². The summed E-state index contributed by atoms with van der Waals surface area (Å²) in [7, 11) is 3.76. The second-order valence-corrected chi connectivity index (χ2v) is 6.37. The molecule has 1 aromatic heterocycles. The van der Waals surface area contributed by atoms with Gasteiger partial charge in [0.1, 0.15) is 6.04 Å². The topological polar surface area (TPSA) is 56.1 Å². The maximum Gasteiger partial charge on any atom is 0.243 e. The zero-order chi connectivity index (χ0) is 14.4. The number of likely N-dealkylation sites (N-methyl/N-ethyl adjacent to an activating group) is 1. The first-order chi connectivity index (χ1) is 8.99. The summed E-state index contributed by atoms with van der Waals surface area (Å²) in [6.45, 7) is 1.97. The van der Waals surface area contributed by atoms with Crippen molar-refractivity contribution >= 4 is 33.2 Å². The highest BCUT2D eigenvalue weighted by atomic mass is 79.9. The zero-order valence-electron chi connectivity index (χ0n) is 11.3. The van der Waals surface area contributed by atoms with Gasteiger partial charge in [-0.15, -0.1) is 11.3 Å². The number of thiophene rings is 1. The summed E-state index contributed by atoms with van der Waals surface area (Å²) in [5, 5.41) is 13.6. The second-order valence-electron chi connectivity index (χ2n) is 4.51. The predicted molar refractivity (Wildman–Crippen MR) is 80.9 cm³/mol. The molecule has 0 radical (unpaired) electrons. The van der Waals surface area contributed by atoms with Crippen molar-refractivity contribution in [3.63, 3.8) is 0 Å². The lowest BCUT2D eigenvalue weighted by Crippen LogP contribution is -2.41. The Labute approximate surface area is 126 Å². The van der Waals surface area contributed by atoms with Crippen LogP contribution in [0.15, 0.2) is 15.9 Å². The highest BCUT2D eigenvalue weighted by Crippen LogP contribution is 2.28. The van der Waals surface area contributed by atoms with Crippen LogP contribution in [-0.2, 0) is 4.79 Å². The molecule has 1 heterocycles. The number of hydrogen-bond acceptors (Lipinski definition) is 4. The number of halogens is 1. The number of nitrogens with one attached hydrogen (secondary N) is 1. The molecule has 0 unspecified atom stereocenters. The van der Waals surface area contributed by atoms with Gasteiger partial charge in [0.25, 0.3) is 0 Å². The van der Waals surface area contributed by atoms with E-state index in [1.54, 1.807) is 11.3 Å². The first-order valence-electron chi connectivity index (χ1n) is 6.07. The fraction of sp³-hybridized carbons (Fsp3) is 0.538. The van der Waals surface area contributed by atoms with Gasteiger partial charge in [-0.3, -0.25) is 9.69 Å². The largest absolute Gasteiger partial charge is 0.351 e. The summed E-state index contributed by atoms with van der Waals surface area (Å²) >= 11 is 4.95. The van der Waals surface area contributed by atoms with Crippen molar-refractivity contribution in [2.24, 2.45) is 0 Å². The van der Waals surface area contributed by atoms with E-state index in [9.17, 15) is 4.79 Å². The number of amides is 1. The Hall–Kier alpha value is -0.900. The van der Waals surface area contributed by atoms with Crippen LogP contribution in [0.5, 0.6) is 0 Å². The number of carbonyl (C=O) groups excluding carboxylic acids is 1. The summed E-state index contributed by atoms with van der Waals surface area (Å²) in [6.07, 6.45) is 1.10. The Bertz CT molecular complexity index is 467. The van der Waals surface area contributed by atoms with Gasteiger partial charge in [-0.25, -0.2) is 0 Å². The minimum Gasteiger partial charge on any atom is -0.351 e. The fourth-order valence-electron chi connectivity index (χ4n) is 1.78. The molecule has 19 heavy (non-hydrogen) atoms. The van der Waals surface area contributed by atoms with Crippen molar-refractivity contribution in [1.82, 2.24) is 10.2 Å². The van der Waals surface area contributed by atoms with Crippen molar-refractivity contribution in [2.45, 2.75) is 31.8 Å². The maximum absolute atomic E-state index is 12.4. The molecule has 0 aromatic carbocycles. The molecule has 0 bridgehead atoms. The van der Waals surface area contributed by atoms with E-state index in [0.29, 0.717) is 6.42 Å². The lowest BCUT2D eigenvalue weighted by Gasteiger charge is -2.24. The molecule has 4 nitrogen and oxygen atoms in total. The normalized spacial score (nSPS) is 13.9. The molecule has 0 saturated heterocycles. The Morgan fingerprint density at radius 1 is 1.63 bits per heavy atom. The summed E-state index contributed by atoms with van der Waals surface area (Å²) in [5.74, 6) is -0.0542. The van der Waals surface area contributed by atoms with E-state index in [0.717, 1.165) is 15.8 Å². The van der Waals surface area contributed by atoms with E-state index >= 15 is 0 Å². The zero-order valence-corrected chi connectivity index (χ0v) is 13.7. The lowest BCUT2D eigenvalue weighted by atomic mass is 10.1. The Balaban J connectivity index is 2.83. The van der Waals surface area contributed by atoms with Crippen LogP contribution in [0.1, 0.15) is 30.7 Å². The second kappa shape index (κ2) is 7.63. The van der Waals surface area contributed by atoms with Gasteiger partial charge in [0.2, 0.25) is 5.91 Å². The quantitative estimate of drug-likeness (QED) is 0.863. The fourth-order valence-corrected chi connectivity index (χ4v) is 3.41. The van der Waals surface area contributed by atoms with Crippen molar-refractivity contribution in [3.05, 3.63) is 20.8 Å². The van der Waals surface area contributed by atoms with Crippen LogP contribution >= 0.6 is 27.3 Å². The third kappa shape index (κ3) is 4.60. The number of rotatable bonds is 6. The summed E-state index contributed by atoms with van der Waals surface area (Å²) < 4.78 is 0.983. The van der Waals surface area contributed by atoms with Crippen LogP contribution in [0.4, 0.5) is 0 Å². The number of carbonyl (C=O) groups is 1. The maximum atomic E-state index is 12.4. The molecule has 0 aliphatic carbocycles. The van der Waals surface area contributed by atoms with Crippen molar-refractivity contribution in [1.29, 1.82) is 5.26 Å². The molecule has 2 atom stereocenters.